The molecule has 0 aromatic heterocycles. The van der Waals surface area contributed by atoms with Crippen molar-refractivity contribution in [1.82, 2.24) is 5.32 Å². The third kappa shape index (κ3) is 7.58. The lowest BCUT2D eigenvalue weighted by Gasteiger charge is -2.17. The largest absolute Gasteiger partial charge is 0.496 e. The molecule has 1 amide bonds. The first-order valence-corrected chi connectivity index (χ1v) is 14.0. The first kappa shape index (κ1) is 29.5. The van der Waals surface area contributed by atoms with Crippen molar-refractivity contribution in [3.63, 3.8) is 0 Å². The minimum Gasteiger partial charge on any atom is -0.496 e. The molecule has 0 aliphatic carbocycles. The number of carbonyl (C=O) groups excluding carboxylic acids is 1. The number of methoxy groups -OCH3 is 2. The van der Waals surface area contributed by atoms with Crippen LogP contribution in [0, 0.1) is 4.91 Å². The quantitative estimate of drug-likeness (QED) is 0.0879. The van der Waals surface area contributed by atoms with Gasteiger partial charge in [-0.1, -0.05) is 47.6 Å². The van der Waals surface area contributed by atoms with Crippen LogP contribution in [-0.4, -0.2) is 33.2 Å². The number of nitrogens with zero attached hydrogens (tertiary/aromatic N) is 1. The molecule has 3 N–H and O–H groups in total. The highest BCUT2D eigenvalue weighted by molar-refractivity contribution is 8.00. The summed E-state index contributed by atoms with van der Waals surface area (Å²) in [6.45, 7) is 4.62. The number of rotatable bonds is 13. The Labute approximate surface area is 245 Å². The molecule has 9 heteroatoms. The highest BCUT2D eigenvalue weighted by atomic mass is 32.2. The zero-order valence-electron chi connectivity index (χ0n) is 23.6. The van der Waals surface area contributed by atoms with Gasteiger partial charge in [0, 0.05) is 24.5 Å². The van der Waals surface area contributed by atoms with E-state index in [1.807, 2.05) is 72.8 Å². The van der Waals surface area contributed by atoms with Crippen LogP contribution in [-0.2, 0) is 5.54 Å². The van der Waals surface area contributed by atoms with Crippen molar-refractivity contribution in [3.05, 3.63) is 107 Å². The summed E-state index contributed by atoms with van der Waals surface area (Å²) in [7, 11) is 3.20. The van der Waals surface area contributed by atoms with Gasteiger partial charge in [-0.15, -0.1) is 4.91 Å². The van der Waals surface area contributed by atoms with Crippen LogP contribution in [0.25, 0.3) is 11.1 Å². The molecule has 41 heavy (non-hydrogen) atoms. The number of hydrogen-bond acceptors (Lipinski definition) is 8. The van der Waals surface area contributed by atoms with E-state index in [9.17, 15) is 9.70 Å². The third-order valence-electron chi connectivity index (χ3n) is 6.53. The minimum atomic E-state index is -0.804. The van der Waals surface area contributed by atoms with E-state index in [1.165, 1.54) is 11.9 Å². The van der Waals surface area contributed by atoms with Crippen LogP contribution in [0.5, 0.6) is 11.5 Å². The van der Waals surface area contributed by atoms with E-state index in [0.717, 1.165) is 38.7 Å². The molecule has 212 valence electrons. The van der Waals surface area contributed by atoms with Gasteiger partial charge in [0.2, 0.25) is 0 Å². The van der Waals surface area contributed by atoms with Gasteiger partial charge < -0.3 is 24.8 Å². The predicted octanol–water partition coefficient (Wildman–Crippen LogP) is 7.33. The molecule has 0 radical (unpaired) electrons. The molecule has 0 unspecified atom stereocenters. The lowest BCUT2D eigenvalue weighted by atomic mass is 9.92. The Hall–Kier alpha value is -4.50. The predicted molar refractivity (Wildman–Crippen MR) is 167 cm³/mol. The van der Waals surface area contributed by atoms with E-state index >= 15 is 0 Å². The maximum atomic E-state index is 12.5. The van der Waals surface area contributed by atoms with Crippen molar-refractivity contribution in [2.75, 3.05) is 37.3 Å². The summed E-state index contributed by atoms with van der Waals surface area (Å²) in [6.07, 6.45) is 0. The number of carbonyl (C=O) groups is 1. The smallest absolute Gasteiger partial charge is 0.255 e. The van der Waals surface area contributed by atoms with Crippen molar-refractivity contribution in [3.8, 4) is 22.6 Å². The number of ether oxygens (including phenoxy) is 2. The minimum absolute atomic E-state index is 0.178. The van der Waals surface area contributed by atoms with Crippen molar-refractivity contribution in [2.24, 2.45) is 5.18 Å². The maximum absolute atomic E-state index is 12.5. The van der Waals surface area contributed by atoms with Crippen molar-refractivity contribution >= 4 is 29.2 Å². The van der Waals surface area contributed by atoms with Gasteiger partial charge in [0.25, 0.3) is 5.91 Å². The zero-order valence-corrected chi connectivity index (χ0v) is 24.4. The fraction of sp³-hybridized carbons (Fsp3) is 0.219. The number of benzene rings is 4. The fourth-order valence-electron chi connectivity index (χ4n) is 4.18. The second-order valence-electron chi connectivity index (χ2n) is 9.76. The molecule has 0 aliphatic heterocycles. The van der Waals surface area contributed by atoms with Gasteiger partial charge in [-0.05, 0) is 91.0 Å². The number of nitroso groups, excluding NO2 is 1. The average Bonchev–Trinajstić information content (AvgIpc) is 3.02. The van der Waals surface area contributed by atoms with Gasteiger partial charge in [-0.3, -0.25) is 4.79 Å². The fourth-order valence-corrected chi connectivity index (χ4v) is 4.98. The lowest BCUT2D eigenvalue weighted by Crippen LogP contribution is -2.29. The molecule has 0 aliphatic rings. The summed E-state index contributed by atoms with van der Waals surface area (Å²) < 4.78 is 14.3. The maximum Gasteiger partial charge on any atom is 0.255 e. The van der Waals surface area contributed by atoms with E-state index in [1.54, 1.807) is 40.2 Å². The Morgan fingerprint density at radius 3 is 2.32 bits per heavy atom. The van der Waals surface area contributed by atoms with Crippen molar-refractivity contribution < 1.29 is 14.3 Å². The van der Waals surface area contributed by atoms with E-state index in [0.29, 0.717) is 24.4 Å². The lowest BCUT2D eigenvalue weighted by molar-refractivity contribution is 0.0952. The summed E-state index contributed by atoms with van der Waals surface area (Å²) in [4.78, 5) is 24.7. The molecule has 4 rings (SSSR count). The molecule has 8 nitrogen and oxygen atoms in total. The van der Waals surface area contributed by atoms with Crippen LogP contribution in [0.3, 0.4) is 0 Å². The Balaban J connectivity index is 1.37. The number of hydrogen-bond donors (Lipinski definition) is 3. The molecule has 0 atom stereocenters. The summed E-state index contributed by atoms with van der Waals surface area (Å²) in [5, 5.41) is 9.54. The van der Waals surface area contributed by atoms with E-state index in [4.69, 9.17) is 9.47 Å². The average molecular weight is 571 g/mol. The standard InChI is InChI=1S/C32H34N4O4S/c1-32(2,36-38)24-10-7-9-22(19-24)23-15-16-29(40-4)30(20-23)41-35-26-12-8-11-25(21-26)33-17-18-34-31(37)27-13-5-6-14-28(27)39-3/h5-16,19-21,33,35H,17-18H2,1-4H3,(H,34,37). The molecule has 4 aromatic carbocycles. The summed E-state index contributed by atoms with van der Waals surface area (Å²) in [6, 6.07) is 28.9. The van der Waals surface area contributed by atoms with Crippen LogP contribution >= 0.6 is 11.9 Å². The molecular weight excluding hydrogens is 536 g/mol. The second kappa shape index (κ2) is 13.7. The molecule has 0 bridgehead atoms. The van der Waals surface area contributed by atoms with Gasteiger partial charge in [0.1, 0.15) is 17.0 Å². The monoisotopic (exact) mass is 570 g/mol. The van der Waals surface area contributed by atoms with Crippen LogP contribution in [0.2, 0.25) is 0 Å². The second-order valence-corrected chi connectivity index (χ2v) is 10.6. The van der Waals surface area contributed by atoms with Gasteiger partial charge in [0.05, 0.1) is 24.7 Å². The van der Waals surface area contributed by atoms with E-state index in [2.05, 4.69) is 26.6 Å². The first-order chi connectivity index (χ1) is 19.8. The van der Waals surface area contributed by atoms with Gasteiger partial charge >= 0.3 is 0 Å². The van der Waals surface area contributed by atoms with E-state index in [-0.39, 0.29) is 5.91 Å². The van der Waals surface area contributed by atoms with Crippen LogP contribution < -0.4 is 24.8 Å². The molecule has 0 heterocycles. The van der Waals surface area contributed by atoms with Crippen LogP contribution in [0.4, 0.5) is 11.4 Å². The number of amides is 1. The Morgan fingerprint density at radius 2 is 1.54 bits per heavy atom. The first-order valence-electron chi connectivity index (χ1n) is 13.2. The Morgan fingerprint density at radius 1 is 0.805 bits per heavy atom. The summed E-state index contributed by atoms with van der Waals surface area (Å²) in [5.74, 6) is 1.12. The zero-order chi connectivity index (χ0) is 29.2. The molecule has 4 aromatic rings. The number of anilines is 2. The molecule has 0 saturated heterocycles. The van der Waals surface area contributed by atoms with E-state index < -0.39 is 5.54 Å². The van der Waals surface area contributed by atoms with Crippen molar-refractivity contribution in [2.45, 2.75) is 24.3 Å². The Kier molecular flexibility index (Phi) is 9.86. The van der Waals surface area contributed by atoms with Gasteiger partial charge in [-0.2, -0.15) is 0 Å². The third-order valence-corrected chi connectivity index (χ3v) is 7.40. The molecule has 0 saturated carbocycles. The van der Waals surface area contributed by atoms with Crippen molar-refractivity contribution in [1.29, 1.82) is 0 Å². The van der Waals surface area contributed by atoms with Gasteiger partial charge in [0.15, 0.2) is 0 Å². The molecular formula is C32H34N4O4S. The SMILES string of the molecule is COc1ccc(-c2cccc(C(C)(C)N=O)c2)cc1SNc1cccc(NCCNC(=O)c2ccccc2OC)c1. The topological polar surface area (TPSA) is 101 Å². The summed E-state index contributed by atoms with van der Waals surface area (Å²) in [5.41, 5.74) is 4.39. The van der Waals surface area contributed by atoms with Crippen LogP contribution in [0.1, 0.15) is 29.8 Å². The highest BCUT2D eigenvalue weighted by Crippen LogP contribution is 2.36. The van der Waals surface area contributed by atoms with Gasteiger partial charge in [-0.25, -0.2) is 0 Å². The Bertz CT molecular complexity index is 1510. The normalized spacial score (nSPS) is 10.9. The highest BCUT2D eigenvalue weighted by Gasteiger charge is 2.21. The molecule has 0 spiro atoms. The van der Waals surface area contributed by atoms with Crippen LogP contribution in [0.15, 0.2) is 101 Å². The number of nitrogens with one attached hydrogen (secondary N) is 3. The molecule has 0 fully saturated rings. The summed E-state index contributed by atoms with van der Waals surface area (Å²) >= 11 is 1.45. The number of para-hydroxylation sites is 1.